The number of rotatable bonds is 4. The quantitative estimate of drug-likeness (QED) is 0.852. The van der Waals surface area contributed by atoms with Gasteiger partial charge in [0.05, 0.1) is 5.52 Å². The van der Waals surface area contributed by atoms with Gasteiger partial charge in [-0.1, -0.05) is 13.0 Å². The van der Waals surface area contributed by atoms with Crippen LogP contribution in [0.25, 0.3) is 10.9 Å². The van der Waals surface area contributed by atoms with E-state index in [1.54, 1.807) is 0 Å². The first-order valence-corrected chi connectivity index (χ1v) is 7.20. The number of nitrogens with one attached hydrogen (secondary N) is 1. The topological polar surface area (TPSA) is 34.0 Å². The Bertz CT molecular complexity index is 613. The summed E-state index contributed by atoms with van der Waals surface area (Å²) in [5, 5.41) is 1.16. The van der Waals surface area contributed by atoms with Crippen molar-refractivity contribution < 1.29 is 4.79 Å². The normalized spacial score (nSPS) is 14.4. The molecular weight excluding hydrogens is 236 g/mol. The van der Waals surface area contributed by atoms with E-state index in [1.807, 2.05) is 10.9 Å². The van der Waals surface area contributed by atoms with E-state index >= 15 is 0 Å². The first-order chi connectivity index (χ1) is 9.35. The van der Waals surface area contributed by atoms with Crippen LogP contribution in [0, 0.1) is 0 Å². The molecule has 1 aliphatic rings. The molecule has 1 heterocycles. The number of fused-ring (bicyclic) bond motifs is 3. The number of aryl methyl sites for hydroxylation is 2. The molecule has 19 heavy (non-hydrogen) atoms. The molecule has 1 aromatic heterocycles. The molecule has 1 aliphatic carbocycles. The molecule has 3 rings (SSSR count). The summed E-state index contributed by atoms with van der Waals surface area (Å²) < 4.78 is 2.01. The lowest BCUT2D eigenvalue weighted by molar-refractivity contribution is 0.112. The van der Waals surface area contributed by atoms with Crippen LogP contribution in [-0.2, 0) is 12.8 Å². The maximum atomic E-state index is 11.4. The maximum absolute atomic E-state index is 11.4. The van der Waals surface area contributed by atoms with Crippen molar-refractivity contribution in [2.75, 3.05) is 12.0 Å². The minimum Gasteiger partial charge on any atom is -0.326 e. The molecule has 0 bridgehead atoms. The van der Waals surface area contributed by atoms with Crippen molar-refractivity contribution in [2.45, 2.75) is 39.0 Å². The highest BCUT2D eigenvalue weighted by Gasteiger charge is 2.17. The SMILES string of the molecule is CCCNn1cc(C=O)c2c3c(ccc21)CCCC3. The summed E-state index contributed by atoms with van der Waals surface area (Å²) in [6, 6.07) is 4.38. The third-order valence-corrected chi connectivity index (χ3v) is 3.99. The zero-order valence-corrected chi connectivity index (χ0v) is 11.4. The number of carbonyl (C=O) groups is 1. The van der Waals surface area contributed by atoms with Gasteiger partial charge in [0.25, 0.3) is 0 Å². The highest BCUT2D eigenvalue weighted by molar-refractivity contribution is 6.00. The van der Waals surface area contributed by atoms with Gasteiger partial charge in [-0.15, -0.1) is 0 Å². The fraction of sp³-hybridized carbons (Fsp3) is 0.438. The van der Waals surface area contributed by atoms with Gasteiger partial charge < -0.3 is 5.43 Å². The Kier molecular flexibility index (Phi) is 3.28. The van der Waals surface area contributed by atoms with Crippen LogP contribution >= 0.6 is 0 Å². The van der Waals surface area contributed by atoms with E-state index in [2.05, 4.69) is 24.5 Å². The molecule has 0 radical (unpaired) electrons. The Labute approximate surface area is 113 Å². The number of carbonyl (C=O) groups excluding carboxylic acids is 1. The predicted octanol–water partition coefficient (Wildman–Crippen LogP) is 3.29. The van der Waals surface area contributed by atoms with E-state index in [0.29, 0.717) is 0 Å². The van der Waals surface area contributed by atoms with E-state index < -0.39 is 0 Å². The van der Waals surface area contributed by atoms with Gasteiger partial charge in [-0.25, -0.2) is 0 Å². The van der Waals surface area contributed by atoms with Gasteiger partial charge in [0.2, 0.25) is 0 Å². The molecule has 1 N–H and O–H groups in total. The van der Waals surface area contributed by atoms with Gasteiger partial charge in [-0.05, 0) is 49.3 Å². The first-order valence-electron chi connectivity index (χ1n) is 7.20. The fourth-order valence-corrected chi connectivity index (χ4v) is 3.06. The van der Waals surface area contributed by atoms with Crippen LogP contribution in [0.3, 0.4) is 0 Å². The lowest BCUT2D eigenvalue weighted by atomic mass is 9.88. The van der Waals surface area contributed by atoms with Gasteiger partial charge >= 0.3 is 0 Å². The molecule has 0 unspecified atom stereocenters. The van der Waals surface area contributed by atoms with E-state index in [9.17, 15) is 4.79 Å². The summed E-state index contributed by atoms with van der Waals surface area (Å²) in [6.07, 6.45) is 8.74. The minimum absolute atomic E-state index is 0.817. The predicted molar refractivity (Wildman–Crippen MR) is 78.5 cm³/mol. The summed E-state index contributed by atoms with van der Waals surface area (Å²) in [6.45, 7) is 3.06. The number of aldehydes is 1. The Hall–Kier alpha value is -1.77. The molecule has 2 aromatic rings. The second-order valence-corrected chi connectivity index (χ2v) is 5.28. The smallest absolute Gasteiger partial charge is 0.152 e. The molecule has 0 amide bonds. The second-order valence-electron chi connectivity index (χ2n) is 5.28. The summed E-state index contributed by atoms with van der Waals surface area (Å²) in [5.74, 6) is 0. The van der Waals surface area contributed by atoms with Gasteiger partial charge in [-0.2, -0.15) is 0 Å². The summed E-state index contributed by atoms with van der Waals surface area (Å²) in [5.41, 5.74) is 8.13. The van der Waals surface area contributed by atoms with E-state index in [4.69, 9.17) is 0 Å². The minimum atomic E-state index is 0.817. The molecule has 0 fully saturated rings. The largest absolute Gasteiger partial charge is 0.326 e. The van der Waals surface area contributed by atoms with Crippen LogP contribution < -0.4 is 5.43 Å². The molecule has 3 heteroatoms. The molecule has 1 aromatic carbocycles. The van der Waals surface area contributed by atoms with Crippen molar-refractivity contribution in [2.24, 2.45) is 0 Å². The van der Waals surface area contributed by atoms with Crippen LogP contribution in [0.2, 0.25) is 0 Å². The number of hydrogen-bond donors (Lipinski definition) is 1. The summed E-state index contributed by atoms with van der Waals surface area (Å²) in [4.78, 5) is 11.4. The highest BCUT2D eigenvalue weighted by atomic mass is 16.1. The molecule has 0 saturated heterocycles. The van der Waals surface area contributed by atoms with Crippen LogP contribution in [-0.4, -0.2) is 17.5 Å². The number of hydrogen-bond acceptors (Lipinski definition) is 2. The monoisotopic (exact) mass is 256 g/mol. The Morgan fingerprint density at radius 2 is 2.16 bits per heavy atom. The Morgan fingerprint density at radius 1 is 1.32 bits per heavy atom. The van der Waals surface area contributed by atoms with Crippen molar-refractivity contribution in [3.8, 4) is 0 Å². The molecule has 0 spiro atoms. The second kappa shape index (κ2) is 5.08. The van der Waals surface area contributed by atoms with Gasteiger partial charge in [0, 0.05) is 23.7 Å². The van der Waals surface area contributed by atoms with Crippen LogP contribution in [0.1, 0.15) is 47.7 Å². The van der Waals surface area contributed by atoms with Crippen molar-refractivity contribution in [1.82, 2.24) is 4.68 Å². The van der Waals surface area contributed by atoms with E-state index in [0.717, 1.165) is 48.6 Å². The number of benzene rings is 1. The van der Waals surface area contributed by atoms with E-state index in [-0.39, 0.29) is 0 Å². The van der Waals surface area contributed by atoms with Gasteiger partial charge in [0.15, 0.2) is 6.29 Å². The van der Waals surface area contributed by atoms with Crippen molar-refractivity contribution in [3.05, 3.63) is 35.0 Å². The summed E-state index contributed by atoms with van der Waals surface area (Å²) >= 11 is 0. The van der Waals surface area contributed by atoms with Crippen molar-refractivity contribution in [1.29, 1.82) is 0 Å². The zero-order valence-electron chi connectivity index (χ0n) is 11.4. The Balaban J connectivity index is 2.18. The van der Waals surface area contributed by atoms with Crippen LogP contribution in [0.15, 0.2) is 18.3 Å². The fourth-order valence-electron chi connectivity index (χ4n) is 3.06. The molecule has 100 valence electrons. The molecule has 0 saturated carbocycles. The lowest BCUT2D eigenvalue weighted by Crippen LogP contribution is -2.14. The molecule has 0 atom stereocenters. The standard InChI is InChI=1S/C16H20N2O/c1-2-9-17-18-10-13(11-19)16-14-6-4-3-5-12(14)7-8-15(16)18/h7-8,10-11,17H,2-6,9H2,1H3. The Morgan fingerprint density at radius 3 is 2.95 bits per heavy atom. The van der Waals surface area contributed by atoms with Crippen molar-refractivity contribution >= 4 is 17.2 Å². The molecule has 0 aliphatic heterocycles. The highest BCUT2D eigenvalue weighted by Crippen LogP contribution is 2.31. The van der Waals surface area contributed by atoms with Crippen LogP contribution in [0.4, 0.5) is 0 Å². The number of aromatic nitrogens is 1. The average Bonchev–Trinajstić information content (AvgIpc) is 2.83. The van der Waals surface area contributed by atoms with Gasteiger partial charge in [-0.3, -0.25) is 9.47 Å². The van der Waals surface area contributed by atoms with Crippen LogP contribution in [0.5, 0.6) is 0 Å². The summed E-state index contributed by atoms with van der Waals surface area (Å²) in [7, 11) is 0. The van der Waals surface area contributed by atoms with E-state index in [1.165, 1.54) is 24.0 Å². The van der Waals surface area contributed by atoms with Crippen molar-refractivity contribution in [3.63, 3.8) is 0 Å². The van der Waals surface area contributed by atoms with Gasteiger partial charge in [0.1, 0.15) is 0 Å². The lowest BCUT2D eigenvalue weighted by Gasteiger charge is -2.17. The first kappa shape index (κ1) is 12.3. The maximum Gasteiger partial charge on any atom is 0.152 e. The molecule has 3 nitrogen and oxygen atoms in total. The zero-order chi connectivity index (χ0) is 13.2. The third-order valence-electron chi connectivity index (χ3n) is 3.99. The molecular formula is C16H20N2O. The third kappa shape index (κ3) is 2.03. The average molecular weight is 256 g/mol. The number of nitrogens with zero attached hydrogens (tertiary/aromatic N) is 1.